The first-order valence-corrected chi connectivity index (χ1v) is 11.0. The van der Waals surface area contributed by atoms with E-state index in [1.807, 2.05) is 32.0 Å². The van der Waals surface area contributed by atoms with Crippen LogP contribution in [0.4, 0.5) is 0 Å². The average molecular weight is 412 g/mol. The second-order valence-electron chi connectivity index (χ2n) is 8.78. The summed E-state index contributed by atoms with van der Waals surface area (Å²) in [5.74, 6) is 0.168. The Balaban J connectivity index is 2.34. The van der Waals surface area contributed by atoms with Gasteiger partial charge in [-0.2, -0.15) is 0 Å². The molecule has 1 unspecified atom stereocenters. The molecule has 1 atom stereocenters. The van der Waals surface area contributed by atoms with Crippen molar-refractivity contribution in [1.29, 1.82) is 0 Å². The minimum absolute atomic E-state index is 0.0301. The Hall–Kier alpha value is -2.17. The number of ether oxygens (including phenoxy) is 1. The predicted molar refractivity (Wildman–Crippen MR) is 122 cm³/mol. The Morgan fingerprint density at radius 2 is 1.60 bits per heavy atom. The Morgan fingerprint density at radius 3 is 2.13 bits per heavy atom. The van der Waals surface area contributed by atoms with E-state index in [2.05, 4.69) is 56.9 Å². The zero-order valence-electron chi connectivity index (χ0n) is 19.3. The van der Waals surface area contributed by atoms with Crippen LogP contribution in [-0.2, 0) is 17.8 Å². The number of aryl methyl sites for hydroxylation is 1. The molecule has 0 amide bonds. The van der Waals surface area contributed by atoms with Crippen LogP contribution in [0.3, 0.4) is 0 Å². The molecule has 4 nitrogen and oxygen atoms in total. The molecule has 4 heteroatoms. The lowest BCUT2D eigenvalue weighted by Gasteiger charge is -2.39. The summed E-state index contributed by atoms with van der Waals surface area (Å²) in [6.07, 6.45) is 1.64. The van der Waals surface area contributed by atoms with Crippen molar-refractivity contribution >= 4 is 5.97 Å². The van der Waals surface area contributed by atoms with Gasteiger partial charge in [-0.25, -0.2) is 0 Å². The van der Waals surface area contributed by atoms with Crippen LogP contribution in [0, 0.1) is 5.92 Å². The molecule has 0 aliphatic carbocycles. The molecule has 30 heavy (non-hydrogen) atoms. The molecular weight excluding hydrogens is 374 g/mol. The summed E-state index contributed by atoms with van der Waals surface area (Å²) in [5.41, 5.74) is 3.08. The van der Waals surface area contributed by atoms with Crippen LogP contribution in [-0.4, -0.2) is 28.1 Å². The lowest BCUT2D eigenvalue weighted by Crippen LogP contribution is -2.40. The summed E-state index contributed by atoms with van der Waals surface area (Å²) in [6, 6.07) is 17.2. The SMILES string of the molecule is CC(C)C(=O)Oc1ccc(CO)cc1CCC(c1ccccc1)N(C(C)C)C(C)C. The van der Waals surface area contributed by atoms with Crippen molar-refractivity contribution in [3.05, 3.63) is 65.2 Å². The van der Waals surface area contributed by atoms with E-state index in [4.69, 9.17) is 4.74 Å². The summed E-state index contributed by atoms with van der Waals surface area (Å²) in [6.45, 7) is 12.6. The quantitative estimate of drug-likeness (QED) is 0.412. The van der Waals surface area contributed by atoms with Crippen molar-refractivity contribution < 1.29 is 14.6 Å². The zero-order chi connectivity index (χ0) is 22.3. The molecule has 0 fully saturated rings. The minimum atomic E-state index is -0.237. The molecule has 0 saturated heterocycles. The van der Waals surface area contributed by atoms with Crippen LogP contribution in [0.5, 0.6) is 5.75 Å². The highest BCUT2D eigenvalue weighted by Crippen LogP contribution is 2.32. The standard InChI is InChI=1S/C26H37NO3/c1-18(2)26(29)30-25-15-12-21(17-28)16-23(25)13-14-24(22-10-8-7-9-11-22)27(19(3)4)20(5)6/h7-12,15-16,18-20,24,28H,13-14,17H2,1-6H3. The van der Waals surface area contributed by atoms with Crippen LogP contribution < -0.4 is 4.74 Å². The first kappa shape index (κ1) is 24.1. The van der Waals surface area contributed by atoms with Crippen LogP contribution in [0.1, 0.15) is 70.7 Å². The number of rotatable bonds is 10. The van der Waals surface area contributed by atoms with Crippen molar-refractivity contribution in [2.45, 2.75) is 79.1 Å². The van der Waals surface area contributed by atoms with E-state index in [1.165, 1.54) is 5.56 Å². The summed E-state index contributed by atoms with van der Waals surface area (Å²) >= 11 is 0. The average Bonchev–Trinajstić information content (AvgIpc) is 2.71. The number of aliphatic hydroxyl groups is 1. The topological polar surface area (TPSA) is 49.8 Å². The van der Waals surface area contributed by atoms with Gasteiger partial charge in [-0.15, -0.1) is 0 Å². The number of nitrogens with zero attached hydrogens (tertiary/aromatic N) is 1. The summed E-state index contributed by atoms with van der Waals surface area (Å²) < 4.78 is 5.67. The number of aliphatic hydroxyl groups excluding tert-OH is 1. The highest BCUT2D eigenvalue weighted by atomic mass is 16.5. The molecule has 2 rings (SSSR count). The summed E-state index contributed by atoms with van der Waals surface area (Å²) in [4.78, 5) is 14.7. The molecule has 0 spiro atoms. The first-order chi connectivity index (χ1) is 14.2. The van der Waals surface area contributed by atoms with E-state index in [0.29, 0.717) is 17.8 Å². The van der Waals surface area contributed by atoms with Crippen molar-refractivity contribution in [1.82, 2.24) is 4.90 Å². The van der Waals surface area contributed by atoms with Crippen LogP contribution in [0.15, 0.2) is 48.5 Å². The molecular formula is C26H37NO3. The molecule has 1 N–H and O–H groups in total. The van der Waals surface area contributed by atoms with Gasteiger partial charge in [-0.1, -0.05) is 50.2 Å². The second-order valence-corrected chi connectivity index (χ2v) is 8.78. The van der Waals surface area contributed by atoms with Gasteiger partial charge in [0.25, 0.3) is 0 Å². The van der Waals surface area contributed by atoms with Crippen LogP contribution in [0.25, 0.3) is 0 Å². The highest BCUT2D eigenvalue weighted by molar-refractivity contribution is 5.74. The van der Waals surface area contributed by atoms with E-state index >= 15 is 0 Å². The normalized spacial score (nSPS) is 12.8. The van der Waals surface area contributed by atoms with Gasteiger partial charge in [0.15, 0.2) is 0 Å². The van der Waals surface area contributed by atoms with Crippen molar-refractivity contribution in [3.8, 4) is 5.75 Å². The van der Waals surface area contributed by atoms with Crippen LogP contribution in [0.2, 0.25) is 0 Å². The van der Waals surface area contributed by atoms with Gasteiger partial charge in [-0.3, -0.25) is 9.69 Å². The van der Waals surface area contributed by atoms with Gasteiger partial charge in [0.05, 0.1) is 12.5 Å². The van der Waals surface area contributed by atoms with Crippen LogP contribution >= 0.6 is 0 Å². The van der Waals surface area contributed by atoms with Gasteiger partial charge in [-0.05, 0) is 69.4 Å². The number of esters is 1. The maximum absolute atomic E-state index is 12.2. The molecule has 0 radical (unpaired) electrons. The molecule has 0 aliphatic rings. The number of hydrogen-bond donors (Lipinski definition) is 1. The van der Waals surface area contributed by atoms with Gasteiger partial charge in [0, 0.05) is 18.1 Å². The van der Waals surface area contributed by atoms with E-state index in [0.717, 1.165) is 24.0 Å². The molecule has 0 bridgehead atoms. The van der Waals surface area contributed by atoms with Gasteiger partial charge in [0.1, 0.15) is 5.75 Å². The fourth-order valence-electron chi connectivity index (χ4n) is 4.02. The smallest absolute Gasteiger partial charge is 0.313 e. The number of benzene rings is 2. The van der Waals surface area contributed by atoms with Gasteiger partial charge in [0.2, 0.25) is 0 Å². The Labute approximate surface area is 181 Å². The number of hydrogen-bond acceptors (Lipinski definition) is 4. The molecule has 0 saturated carbocycles. The van der Waals surface area contributed by atoms with Crippen molar-refractivity contribution in [2.75, 3.05) is 0 Å². The third-order valence-electron chi connectivity index (χ3n) is 5.41. The molecule has 2 aromatic carbocycles. The predicted octanol–water partition coefficient (Wildman–Crippen LogP) is 5.53. The molecule has 0 heterocycles. The maximum Gasteiger partial charge on any atom is 0.313 e. The molecule has 164 valence electrons. The number of carbonyl (C=O) groups excluding carboxylic acids is 1. The third-order valence-corrected chi connectivity index (χ3v) is 5.41. The maximum atomic E-state index is 12.2. The van der Waals surface area contributed by atoms with E-state index < -0.39 is 0 Å². The first-order valence-electron chi connectivity index (χ1n) is 11.0. The lowest BCUT2D eigenvalue weighted by atomic mass is 9.94. The Morgan fingerprint density at radius 1 is 0.967 bits per heavy atom. The van der Waals surface area contributed by atoms with Crippen molar-refractivity contribution in [2.24, 2.45) is 5.92 Å². The van der Waals surface area contributed by atoms with Gasteiger partial charge < -0.3 is 9.84 Å². The Bertz CT molecular complexity index is 791. The molecule has 0 aromatic heterocycles. The van der Waals surface area contributed by atoms with E-state index in [9.17, 15) is 9.90 Å². The van der Waals surface area contributed by atoms with E-state index in [-0.39, 0.29) is 24.5 Å². The largest absolute Gasteiger partial charge is 0.426 e. The monoisotopic (exact) mass is 411 g/mol. The summed E-state index contributed by atoms with van der Waals surface area (Å²) in [7, 11) is 0. The Kier molecular flexibility index (Phi) is 9.07. The fourth-order valence-corrected chi connectivity index (χ4v) is 4.02. The second kappa shape index (κ2) is 11.3. The van der Waals surface area contributed by atoms with E-state index in [1.54, 1.807) is 6.07 Å². The molecule has 2 aromatic rings. The molecule has 0 aliphatic heterocycles. The minimum Gasteiger partial charge on any atom is -0.426 e. The number of carbonyl (C=O) groups is 1. The van der Waals surface area contributed by atoms with Gasteiger partial charge >= 0.3 is 5.97 Å². The lowest BCUT2D eigenvalue weighted by molar-refractivity contribution is -0.137. The summed E-state index contributed by atoms with van der Waals surface area (Å²) in [5, 5.41) is 9.60. The fraction of sp³-hybridized carbons (Fsp3) is 0.500. The zero-order valence-corrected chi connectivity index (χ0v) is 19.3. The highest BCUT2D eigenvalue weighted by Gasteiger charge is 2.26. The third kappa shape index (κ3) is 6.41. The van der Waals surface area contributed by atoms with Crippen molar-refractivity contribution in [3.63, 3.8) is 0 Å².